The third kappa shape index (κ3) is 2.33. The van der Waals surface area contributed by atoms with Crippen LogP contribution in [0.3, 0.4) is 0 Å². The van der Waals surface area contributed by atoms with Crippen LogP contribution in [0.4, 0.5) is 0 Å². The minimum absolute atomic E-state index is 0.0839. The highest BCUT2D eigenvalue weighted by atomic mass is 16.4. The van der Waals surface area contributed by atoms with Crippen molar-refractivity contribution in [2.45, 2.75) is 25.4 Å². The Kier molecular flexibility index (Phi) is 3.40. The minimum Gasteiger partial charge on any atom is -0.409 e. The van der Waals surface area contributed by atoms with Crippen molar-refractivity contribution in [3.05, 3.63) is 18.5 Å². The van der Waals surface area contributed by atoms with Crippen LogP contribution in [0.2, 0.25) is 0 Å². The summed E-state index contributed by atoms with van der Waals surface area (Å²) in [4.78, 5) is 2.23. The third-order valence-electron chi connectivity index (χ3n) is 3.00. The molecule has 1 saturated heterocycles. The van der Waals surface area contributed by atoms with Crippen LogP contribution >= 0.6 is 0 Å². The average molecular weight is 223 g/mol. The van der Waals surface area contributed by atoms with Gasteiger partial charge in [-0.2, -0.15) is 5.10 Å². The maximum Gasteiger partial charge on any atom is 0.156 e. The van der Waals surface area contributed by atoms with Gasteiger partial charge in [-0.15, -0.1) is 0 Å². The number of nitrogens with two attached hydrogens (primary N) is 1. The topological polar surface area (TPSA) is 79.7 Å². The lowest BCUT2D eigenvalue weighted by Crippen LogP contribution is -2.41. The molecule has 6 nitrogen and oxygen atoms in total. The summed E-state index contributed by atoms with van der Waals surface area (Å²) in [5.41, 5.74) is 5.65. The van der Waals surface area contributed by atoms with E-state index in [1.165, 1.54) is 0 Å². The Morgan fingerprint density at radius 3 is 3.12 bits per heavy atom. The molecule has 1 aliphatic rings. The standard InChI is InChI=1S/C10H17N5O/c11-10(13-16)9-3-1-5-14(9)7-8-15-6-2-4-12-15/h2,4,6,9,16H,1,3,5,7-8H2,(H2,11,13). The van der Waals surface area contributed by atoms with Gasteiger partial charge in [-0.05, 0) is 25.5 Å². The molecular weight excluding hydrogens is 206 g/mol. The summed E-state index contributed by atoms with van der Waals surface area (Å²) >= 11 is 0. The number of nitrogens with zero attached hydrogens (tertiary/aromatic N) is 4. The van der Waals surface area contributed by atoms with Crippen molar-refractivity contribution < 1.29 is 5.21 Å². The number of oxime groups is 1. The van der Waals surface area contributed by atoms with E-state index in [0.717, 1.165) is 32.5 Å². The molecule has 3 N–H and O–H groups in total. The second-order valence-corrected chi connectivity index (χ2v) is 3.99. The monoisotopic (exact) mass is 223 g/mol. The van der Waals surface area contributed by atoms with Gasteiger partial charge in [0.05, 0.1) is 12.6 Å². The van der Waals surface area contributed by atoms with E-state index in [2.05, 4.69) is 15.2 Å². The molecule has 0 saturated carbocycles. The molecule has 0 bridgehead atoms. The second-order valence-electron chi connectivity index (χ2n) is 3.99. The van der Waals surface area contributed by atoms with Gasteiger partial charge in [0, 0.05) is 18.9 Å². The molecule has 0 amide bonds. The van der Waals surface area contributed by atoms with Crippen LogP contribution in [-0.2, 0) is 6.54 Å². The third-order valence-corrected chi connectivity index (χ3v) is 3.00. The fourth-order valence-corrected chi connectivity index (χ4v) is 2.16. The van der Waals surface area contributed by atoms with Crippen LogP contribution in [0.1, 0.15) is 12.8 Å². The second kappa shape index (κ2) is 4.98. The van der Waals surface area contributed by atoms with Gasteiger partial charge in [0.1, 0.15) is 0 Å². The van der Waals surface area contributed by atoms with Gasteiger partial charge >= 0.3 is 0 Å². The summed E-state index contributed by atoms with van der Waals surface area (Å²) in [5.74, 6) is 0.318. The predicted molar refractivity (Wildman–Crippen MR) is 60.2 cm³/mol. The van der Waals surface area contributed by atoms with Crippen LogP contribution in [0.15, 0.2) is 23.6 Å². The van der Waals surface area contributed by atoms with E-state index in [-0.39, 0.29) is 6.04 Å². The van der Waals surface area contributed by atoms with Gasteiger partial charge < -0.3 is 10.9 Å². The van der Waals surface area contributed by atoms with Gasteiger partial charge in [0.25, 0.3) is 0 Å². The van der Waals surface area contributed by atoms with Crippen molar-refractivity contribution in [1.82, 2.24) is 14.7 Å². The molecule has 1 atom stereocenters. The fraction of sp³-hybridized carbons (Fsp3) is 0.600. The van der Waals surface area contributed by atoms with E-state index in [9.17, 15) is 0 Å². The van der Waals surface area contributed by atoms with E-state index in [1.54, 1.807) is 6.20 Å². The Bertz CT molecular complexity index is 348. The van der Waals surface area contributed by atoms with E-state index in [4.69, 9.17) is 10.9 Å². The Hall–Kier alpha value is -1.56. The number of rotatable bonds is 4. The summed E-state index contributed by atoms with van der Waals surface area (Å²) in [6.07, 6.45) is 5.77. The summed E-state index contributed by atoms with van der Waals surface area (Å²) < 4.78 is 1.89. The highest BCUT2D eigenvalue weighted by molar-refractivity contribution is 5.85. The van der Waals surface area contributed by atoms with Gasteiger partial charge in [0.2, 0.25) is 0 Å². The van der Waals surface area contributed by atoms with Crippen LogP contribution in [0.25, 0.3) is 0 Å². The number of aromatic nitrogens is 2. The van der Waals surface area contributed by atoms with Crippen LogP contribution in [0.5, 0.6) is 0 Å². The van der Waals surface area contributed by atoms with Gasteiger partial charge in [-0.3, -0.25) is 9.58 Å². The average Bonchev–Trinajstić information content (AvgIpc) is 2.96. The maximum atomic E-state index is 8.68. The molecule has 1 fully saturated rings. The zero-order valence-corrected chi connectivity index (χ0v) is 9.16. The summed E-state index contributed by atoms with van der Waals surface area (Å²) in [6.45, 7) is 2.72. The first-order valence-electron chi connectivity index (χ1n) is 5.50. The highest BCUT2D eigenvalue weighted by Gasteiger charge is 2.27. The molecule has 0 spiro atoms. The molecule has 1 aromatic rings. The normalized spacial score (nSPS) is 22.8. The number of likely N-dealkylation sites (tertiary alicyclic amines) is 1. The fourth-order valence-electron chi connectivity index (χ4n) is 2.16. The van der Waals surface area contributed by atoms with Crippen molar-refractivity contribution >= 4 is 5.84 Å². The van der Waals surface area contributed by atoms with Crippen LogP contribution in [0, 0.1) is 0 Å². The van der Waals surface area contributed by atoms with E-state index < -0.39 is 0 Å². The lowest BCUT2D eigenvalue weighted by atomic mass is 10.2. The first-order chi connectivity index (χ1) is 7.81. The molecule has 1 unspecified atom stereocenters. The number of amidine groups is 1. The SMILES string of the molecule is NC(=NO)C1CCCN1CCn1cccn1. The largest absolute Gasteiger partial charge is 0.409 e. The molecule has 0 radical (unpaired) electrons. The Labute approximate surface area is 94.3 Å². The highest BCUT2D eigenvalue weighted by Crippen LogP contribution is 2.16. The van der Waals surface area contributed by atoms with Gasteiger partial charge in [0.15, 0.2) is 5.84 Å². The smallest absolute Gasteiger partial charge is 0.156 e. The summed E-state index contributed by atoms with van der Waals surface area (Å²) in [5, 5.41) is 15.9. The molecule has 0 aliphatic carbocycles. The molecular formula is C10H17N5O. The molecule has 88 valence electrons. The zero-order chi connectivity index (χ0) is 11.4. The van der Waals surface area contributed by atoms with E-state index in [0.29, 0.717) is 5.84 Å². The number of hydrogen-bond donors (Lipinski definition) is 2. The minimum atomic E-state index is 0.0839. The quantitative estimate of drug-likeness (QED) is 0.328. The van der Waals surface area contributed by atoms with Crippen molar-refractivity contribution in [2.75, 3.05) is 13.1 Å². The predicted octanol–water partition coefficient (Wildman–Crippen LogP) is 0.0939. The van der Waals surface area contributed by atoms with E-state index in [1.807, 2.05) is 16.9 Å². The summed E-state index contributed by atoms with van der Waals surface area (Å²) in [6, 6.07) is 1.99. The van der Waals surface area contributed by atoms with Crippen molar-refractivity contribution in [1.29, 1.82) is 0 Å². The Morgan fingerprint density at radius 2 is 2.44 bits per heavy atom. The molecule has 2 rings (SSSR count). The first kappa shape index (κ1) is 10.9. The molecule has 0 aromatic carbocycles. The summed E-state index contributed by atoms with van der Waals surface area (Å²) in [7, 11) is 0. The number of hydrogen-bond acceptors (Lipinski definition) is 4. The molecule has 6 heteroatoms. The Morgan fingerprint density at radius 1 is 1.56 bits per heavy atom. The van der Waals surface area contributed by atoms with Crippen molar-refractivity contribution in [2.24, 2.45) is 10.9 Å². The Balaban J connectivity index is 1.89. The van der Waals surface area contributed by atoms with Crippen LogP contribution in [-0.4, -0.2) is 44.9 Å². The van der Waals surface area contributed by atoms with Gasteiger partial charge in [-0.25, -0.2) is 0 Å². The molecule has 16 heavy (non-hydrogen) atoms. The molecule has 1 aliphatic heterocycles. The van der Waals surface area contributed by atoms with Crippen LogP contribution < -0.4 is 5.73 Å². The van der Waals surface area contributed by atoms with E-state index >= 15 is 0 Å². The lowest BCUT2D eigenvalue weighted by Gasteiger charge is -2.22. The molecule has 2 heterocycles. The maximum absolute atomic E-state index is 8.68. The van der Waals surface area contributed by atoms with Gasteiger partial charge in [-0.1, -0.05) is 5.16 Å². The first-order valence-corrected chi connectivity index (χ1v) is 5.50. The van der Waals surface area contributed by atoms with Crippen molar-refractivity contribution in [3.8, 4) is 0 Å². The van der Waals surface area contributed by atoms with Crippen molar-refractivity contribution in [3.63, 3.8) is 0 Å². The lowest BCUT2D eigenvalue weighted by molar-refractivity contribution is 0.269. The molecule has 1 aromatic heterocycles. The zero-order valence-electron chi connectivity index (χ0n) is 9.16.